The van der Waals surface area contributed by atoms with Crippen LogP contribution in [0.2, 0.25) is 5.02 Å². The molecule has 1 atom stereocenters. The molecule has 0 fully saturated rings. The van der Waals surface area contributed by atoms with E-state index in [1.54, 1.807) is 0 Å². The standard InChI is InChI=1S/C19H18ClNO2/c20-16-8-4-7-15(11-16)19-10-9-17(23-19)12-21-13-18(22)14-5-2-1-3-6-14/h1-11,18,21-22H,12-13H2/p+1/t18-/m1/s1. The molecule has 0 spiro atoms. The van der Waals surface area contributed by atoms with Gasteiger partial charge in [0.05, 0.1) is 0 Å². The lowest BCUT2D eigenvalue weighted by molar-refractivity contribution is -0.679. The Morgan fingerprint density at radius 2 is 1.83 bits per heavy atom. The lowest BCUT2D eigenvalue weighted by Gasteiger charge is -2.08. The third kappa shape index (κ3) is 4.23. The number of quaternary nitrogens is 1. The van der Waals surface area contributed by atoms with E-state index in [1.807, 2.05) is 72.0 Å². The van der Waals surface area contributed by atoms with Gasteiger partial charge in [0.25, 0.3) is 0 Å². The highest BCUT2D eigenvalue weighted by Gasteiger charge is 2.10. The smallest absolute Gasteiger partial charge is 0.158 e. The molecule has 4 heteroatoms. The molecule has 0 radical (unpaired) electrons. The molecule has 0 saturated heterocycles. The third-order valence-corrected chi connectivity index (χ3v) is 3.93. The number of halogens is 1. The van der Waals surface area contributed by atoms with Gasteiger partial charge in [-0.15, -0.1) is 0 Å². The average Bonchev–Trinajstić information content (AvgIpc) is 3.04. The van der Waals surface area contributed by atoms with Gasteiger partial charge in [-0.25, -0.2) is 0 Å². The zero-order valence-corrected chi connectivity index (χ0v) is 13.4. The highest BCUT2D eigenvalue weighted by molar-refractivity contribution is 6.30. The largest absolute Gasteiger partial charge is 0.455 e. The summed E-state index contributed by atoms with van der Waals surface area (Å²) in [7, 11) is 0. The van der Waals surface area contributed by atoms with Gasteiger partial charge in [0.2, 0.25) is 0 Å². The van der Waals surface area contributed by atoms with Crippen LogP contribution >= 0.6 is 11.6 Å². The monoisotopic (exact) mass is 328 g/mol. The van der Waals surface area contributed by atoms with E-state index in [4.69, 9.17) is 16.0 Å². The number of rotatable bonds is 6. The van der Waals surface area contributed by atoms with Gasteiger partial charge in [-0.1, -0.05) is 54.1 Å². The molecule has 0 aliphatic carbocycles. The van der Waals surface area contributed by atoms with Gasteiger partial charge in [0.15, 0.2) is 5.76 Å². The Kier molecular flexibility index (Phi) is 5.13. The number of benzene rings is 2. The van der Waals surface area contributed by atoms with Gasteiger partial charge in [-0.2, -0.15) is 0 Å². The van der Waals surface area contributed by atoms with Crippen molar-refractivity contribution in [3.05, 3.63) is 83.1 Å². The average molecular weight is 329 g/mol. The number of hydrogen-bond donors (Lipinski definition) is 2. The van der Waals surface area contributed by atoms with Gasteiger partial charge in [0, 0.05) is 10.6 Å². The fraction of sp³-hybridized carbons (Fsp3) is 0.158. The second kappa shape index (κ2) is 7.47. The molecule has 3 rings (SSSR count). The van der Waals surface area contributed by atoms with Crippen LogP contribution in [0.15, 0.2) is 71.1 Å². The molecule has 23 heavy (non-hydrogen) atoms. The van der Waals surface area contributed by atoms with Crippen molar-refractivity contribution in [3.63, 3.8) is 0 Å². The van der Waals surface area contributed by atoms with E-state index >= 15 is 0 Å². The Bertz CT molecular complexity index is 755. The van der Waals surface area contributed by atoms with E-state index in [0.29, 0.717) is 18.1 Å². The molecule has 2 aromatic carbocycles. The topological polar surface area (TPSA) is 50.0 Å². The van der Waals surface area contributed by atoms with Crippen molar-refractivity contribution in [2.24, 2.45) is 0 Å². The number of aliphatic hydroxyl groups is 1. The summed E-state index contributed by atoms with van der Waals surface area (Å²) in [6.45, 7) is 1.28. The molecule has 0 amide bonds. The van der Waals surface area contributed by atoms with Crippen molar-refractivity contribution in [1.29, 1.82) is 0 Å². The van der Waals surface area contributed by atoms with Crippen molar-refractivity contribution in [2.45, 2.75) is 12.6 Å². The molecule has 0 saturated carbocycles. The maximum Gasteiger partial charge on any atom is 0.158 e. The van der Waals surface area contributed by atoms with E-state index < -0.39 is 6.10 Å². The van der Waals surface area contributed by atoms with Crippen LogP contribution in [0.1, 0.15) is 17.4 Å². The SMILES string of the molecule is O[C@H](C[NH2+]Cc1ccc(-c2cccc(Cl)c2)o1)c1ccccc1. The first-order valence-electron chi connectivity index (χ1n) is 7.62. The Balaban J connectivity index is 1.55. The molecule has 0 bridgehead atoms. The Hall–Kier alpha value is -2.07. The van der Waals surface area contributed by atoms with Crippen molar-refractivity contribution in [2.75, 3.05) is 6.54 Å². The van der Waals surface area contributed by atoms with Crippen molar-refractivity contribution in [3.8, 4) is 11.3 Å². The van der Waals surface area contributed by atoms with Crippen LogP contribution in [-0.2, 0) is 6.54 Å². The zero-order valence-electron chi connectivity index (χ0n) is 12.7. The lowest BCUT2D eigenvalue weighted by Crippen LogP contribution is -2.83. The third-order valence-electron chi connectivity index (χ3n) is 3.69. The minimum atomic E-state index is -0.474. The quantitative estimate of drug-likeness (QED) is 0.728. The summed E-state index contributed by atoms with van der Waals surface area (Å²) in [5.41, 5.74) is 1.90. The number of nitrogens with two attached hydrogens (primary N) is 1. The minimum absolute atomic E-state index is 0.474. The van der Waals surface area contributed by atoms with Gasteiger partial charge in [0.1, 0.15) is 25.0 Å². The second-order valence-electron chi connectivity index (χ2n) is 5.43. The normalized spacial score (nSPS) is 12.3. The summed E-state index contributed by atoms with van der Waals surface area (Å²) in [6.07, 6.45) is -0.474. The van der Waals surface area contributed by atoms with Crippen LogP contribution in [0.4, 0.5) is 0 Å². The van der Waals surface area contributed by atoms with Crippen molar-refractivity contribution >= 4 is 11.6 Å². The van der Waals surface area contributed by atoms with Crippen LogP contribution < -0.4 is 5.32 Å². The molecule has 0 aliphatic heterocycles. The predicted octanol–water partition coefficient (Wildman–Crippen LogP) is 3.40. The summed E-state index contributed by atoms with van der Waals surface area (Å²) in [5, 5.41) is 12.9. The summed E-state index contributed by atoms with van der Waals surface area (Å²) in [6, 6.07) is 21.2. The molecular weight excluding hydrogens is 310 g/mol. The molecular formula is C19H19ClNO2+. The molecule has 3 N–H and O–H groups in total. The highest BCUT2D eigenvalue weighted by Crippen LogP contribution is 2.24. The maximum absolute atomic E-state index is 10.1. The molecule has 1 heterocycles. The minimum Gasteiger partial charge on any atom is -0.455 e. The predicted molar refractivity (Wildman–Crippen MR) is 91.1 cm³/mol. The molecule has 3 aromatic rings. The first-order chi connectivity index (χ1) is 11.2. The van der Waals surface area contributed by atoms with Crippen LogP contribution in [0, 0.1) is 0 Å². The second-order valence-corrected chi connectivity index (χ2v) is 5.87. The van der Waals surface area contributed by atoms with Crippen LogP contribution in [0.3, 0.4) is 0 Å². The molecule has 118 valence electrons. The summed E-state index contributed by atoms with van der Waals surface area (Å²) in [4.78, 5) is 0. The van der Waals surface area contributed by atoms with E-state index in [2.05, 4.69) is 0 Å². The van der Waals surface area contributed by atoms with Gasteiger partial charge < -0.3 is 14.8 Å². The van der Waals surface area contributed by atoms with E-state index in [-0.39, 0.29) is 0 Å². The number of furan rings is 1. The zero-order chi connectivity index (χ0) is 16.1. The molecule has 1 aromatic heterocycles. The van der Waals surface area contributed by atoms with Crippen LogP contribution in [0.25, 0.3) is 11.3 Å². The Labute approximate surface area is 140 Å². The van der Waals surface area contributed by atoms with Gasteiger partial charge >= 0.3 is 0 Å². The van der Waals surface area contributed by atoms with Crippen LogP contribution in [-0.4, -0.2) is 11.7 Å². The number of aliphatic hydroxyl groups excluding tert-OH is 1. The Morgan fingerprint density at radius 3 is 2.61 bits per heavy atom. The summed E-state index contributed by atoms with van der Waals surface area (Å²) < 4.78 is 5.84. The first kappa shape index (κ1) is 15.8. The molecule has 0 aliphatic rings. The number of hydrogen-bond acceptors (Lipinski definition) is 2. The van der Waals surface area contributed by atoms with Crippen molar-refractivity contribution in [1.82, 2.24) is 0 Å². The molecule has 3 nitrogen and oxygen atoms in total. The van der Waals surface area contributed by atoms with Gasteiger partial charge in [-0.05, 0) is 29.8 Å². The summed E-state index contributed by atoms with van der Waals surface area (Å²) >= 11 is 6.00. The fourth-order valence-electron chi connectivity index (χ4n) is 2.48. The first-order valence-corrected chi connectivity index (χ1v) is 7.99. The Morgan fingerprint density at radius 1 is 1.00 bits per heavy atom. The fourth-order valence-corrected chi connectivity index (χ4v) is 2.67. The highest BCUT2D eigenvalue weighted by atomic mass is 35.5. The lowest BCUT2D eigenvalue weighted by atomic mass is 10.1. The van der Waals surface area contributed by atoms with Gasteiger partial charge in [-0.3, -0.25) is 0 Å². The maximum atomic E-state index is 10.1. The van der Waals surface area contributed by atoms with E-state index in [9.17, 15) is 5.11 Å². The van der Waals surface area contributed by atoms with Crippen molar-refractivity contribution < 1.29 is 14.8 Å². The summed E-state index contributed by atoms with van der Waals surface area (Å²) in [5.74, 6) is 1.68. The van der Waals surface area contributed by atoms with E-state index in [0.717, 1.165) is 22.6 Å². The van der Waals surface area contributed by atoms with E-state index in [1.165, 1.54) is 0 Å². The van der Waals surface area contributed by atoms with Crippen LogP contribution in [0.5, 0.6) is 0 Å². The molecule has 0 unspecified atom stereocenters.